The predicted molar refractivity (Wildman–Crippen MR) is 259 cm³/mol. The largest absolute Gasteiger partial charge is 0.452 e. The quantitative estimate of drug-likeness (QED) is 0.217. The van der Waals surface area contributed by atoms with Crippen LogP contribution in [-0.4, -0.2) is 162 Å². The first-order valence-corrected chi connectivity index (χ1v) is 24.0. The number of Topliss-reactive ketones (excluding diaryl/α,β-unsaturated/α-hetero) is 1. The highest BCUT2D eigenvalue weighted by Gasteiger charge is 2.45. The Balaban J connectivity index is 2.69. The maximum atomic E-state index is 14.5. The average molecular weight is 969 g/mol. The molecule has 1 fully saturated rings. The fourth-order valence-electron chi connectivity index (χ4n) is 8.25. The molecule has 9 atom stereocenters. The summed E-state index contributed by atoms with van der Waals surface area (Å²) in [4.78, 5) is 144. The van der Waals surface area contributed by atoms with Crippen molar-refractivity contribution >= 4 is 59.0 Å². The topological polar surface area (TPSA) is 241 Å². The second-order valence-electron chi connectivity index (χ2n) is 19.8. The Kier molecular flexibility index (Phi) is 22.5. The van der Waals surface area contributed by atoms with Crippen LogP contribution in [-0.2, 0) is 59.1 Å². The molecule has 0 bridgehead atoms. The number of amides is 8. The smallest absolute Gasteiger partial charge is 0.311 e. The van der Waals surface area contributed by atoms with E-state index >= 15 is 0 Å². The minimum Gasteiger partial charge on any atom is -0.452 e. The van der Waals surface area contributed by atoms with Crippen LogP contribution in [0.1, 0.15) is 108 Å². The monoisotopic (exact) mass is 969 g/mol. The van der Waals surface area contributed by atoms with Gasteiger partial charge in [0.1, 0.15) is 29.6 Å². The predicted octanol–water partition coefficient (Wildman–Crippen LogP) is 2.09. The first-order chi connectivity index (χ1) is 32.0. The number of carbonyl (C=O) groups excluding carboxylic acids is 10. The lowest BCUT2D eigenvalue weighted by Crippen LogP contribution is -2.60. The molecule has 1 saturated heterocycles. The summed E-state index contributed by atoms with van der Waals surface area (Å²) in [6.07, 6.45) is -0.422. The summed E-state index contributed by atoms with van der Waals surface area (Å²) in [5.41, 5.74) is -1.07. The number of hydrogen-bond acceptors (Lipinski definition) is 11. The summed E-state index contributed by atoms with van der Waals surface area (Å²) in [5, 5.41) is 10.7. The second-order valence-corrected chi connectivity index (χ2v) is 19.8. The zero-order valence-electron chi connectivity index (χ0n) is 43.8. The molecule has 0 saturated carbocycles. The van der Waals surface area contributed by atoms with Crippen LogP contribution in [0, 0.1) is 29.1 Å². The molecule has 1 aromatic rings. The van der Waals surface area contributed by atoms with Gasteiger partial charge < -0.3 is 45.6 Å². The maximum Gasteiger partial charge on any atom is 0.311 e. The Morgan fingerprint density at radius 2 is 1.23 bits per heavy atom. The highest BCUT2D eigenvalue weighted by atomic mass is 16.5. The molecule has 8 amide bonds. The molecule has 4 N–H and O–H groups in total. The molecule has 386 valence electrons. The van der Waals surface area contributed by atoms with Gasteiger partial charge in [0.25, 0.3) is 5.91 Å². The van der Waals surface area contributed by atoms with Gasteiger partial charge in [-0.15, -0.1) is 0 Å². The van der Waals surface area contributed by atoms with Gasteiger partial charge in [0.05, 0.1) is 25.0 Å². The van der Waals surface area contributed by atoms with Gasteiger partial charge in [-0.3, -0.25) is 47.9 Å². The molecule has 0 aliphatic carbocycles. The van der Waals surface area contributed by atoms with Crippen molar-refractivity contribution in [1.29, 1.82) is 0 Å². The normalized spacial score (nSPS) is 27.2. The van der Waals surface area contributed by atoms with Crippen molar-refractivity contribution in [2.24, 2.45) is 29.1 Å². The molecule has 2 rings (SSSR count). The van der Waals surface area contributed by atoms with Gasteiger partial charge in [-0.25, -0.2) is 0 Å². The van der Waals surface area contributed by atoms with Gasteiger partial charge >= 0.3 is 5.97 Å². The van der Waals surface area contributed by atoms with Crippen LogP contribution in [0.4, 0.5) is 0 Å². The number of cyclic esters (lactones) is 1. The van der Waals surface area contributed by atoms with Gasteiger partial charge in [0.15, 0.2) is 11.9 Å². The van der Waals surface area contributed by atoms with Crippen LogP contribution in [0.3, 0.4) is 0 Å². The molecule has 9 unspecified atom stereocenters. The van der Waals surface area contributed by atoms with Crippen molar-refractivity contribution in [2.45, 2.75) is 151 Å². The number of esters is 1. The Morgan fingerprint density at radius 1 is 0.681 bits per heavy atom. The third kappa shape index (κ3) is 15.6. The SMILES string of the molecule is CCC(C)C1OC(=O)C(C)C(CC)NC(=O)C(C)N(C)C(=O)C(C)(C)C(=O)C(C)NC(=O)C(Cc2ccccc2)N(C)C(=O)C(C(C)C)N(C)C(=O)CNC(=O)C(CC(C)C)N(C)C(=O)CNC1=O. The summed E-state index contributed by atoms with van der Waals surface area (Å²) < 4.78 is 5.77. The molecule has 1 heterocycles. The lowest BCUT2D eigenvalue weighted by molar-refractivity contribution is -0.164. The first-order valence-electron chi connectivity index (χ1n) is 24.0. The molecule has 19 nitrogen and oxygen atoms in total. The molecule has 69 heavy (non-hydrogen) atoms. The molecular weight excluding hydrogens is 889 g/mol. The first kappa shape index (κ1) is 59.2. The van der Waals surface area contributed by atoms with E-state index in [4.69, 9.17) is 4.74 Å². The molecular formula is C50H80N8O11. The van der Waals surface area contributed by atoms with Crippen LogP contribution in [0.5, 0.6) is 0 Å². The molecule has 1 aliphatic rings. The lowest BCUT2D eigenvalue weighted by Gasteiger charge is -2.37. The van der Waals surface area contributed by atoms with E-state index in [1.165, 1.54) is 77.5 Å². The van der Waals surface area contributed by atoms with E-state index < -0.39 is 138 Å². The third-order valence-corrected chi connectivity index (χ3v) is 13.4. The lowest BCUT2D eigenvalue weighted by atomic mass is 9.82. The minimum absolute atomic E-state index is 0.0206. The van der Waals surface area contributed by atoms with E-state index in [0.29, 0.717) is 12.0 Å². The Morgan fingerprint density at radius 3 is 1.75 bits per heavy atom. The summed E-state index contributed by atoms with van der Waals surface area (Å²) in [7, 11) is 5.62. The van der Waals surface area contributed by atoms with E-state index in [2.05, 4.69) is 21.3 Å². The highest BCUT2D eigenvalue weighted by Crippen LogP contribution is 2.25. The summed E-state index contributed by atoms with van der Waals surface area (Å²) in [5.74, 6) is -8.81. The van der Waals surface area contributed by atoms with E-state index in [1.54, 1.807) is 65.0 Å². The number of hydrogen-bond donors (Lipinski definition) is 4. The number of ketones is 1. The van der Waals surface area contributed by atoms with Crippen molar-refractivity contribution in [3.63, 3.8) is 0 Å². The molecule has 0 aromatic heterocycles. The number of nitrogens with one attached hydrogen (secondary N) is 4. The van der Waals surface area contributed by atoms with Gasteiger partial charge in [0, 0.05) is 46.6 Å². The summed E-state index contributed by atoms with van der Waals surface area (Å²) >= 11 is 0. The standard InChI is InChI=1S/C50H80N8O11/c1-17-30(7)41-46(65)52-26-38(59)56(14)36(24-28(3)4)44(63)51-27-39(60)58(16)40(29(5)6)47(66)57(15)37(25-34-22-20-19-21-23-34)45(64)53-32(9)42(61)50(11,12)49(68)55(13)33(10)43(62)54-35(18-2)31(8)48(67)69-41/h19-23,28-33,35-37,40-41H,17-18,24-27H2,1-16H3,(H,51,63)(H,52,65)(H,53,64)(H,54,62). The van der Waals surface area contributed by atoms with E-state index in [0.717, 1.165) is 4.90 Å². The number of benzene rings is 1. The van der Waals surface area contributed by atoms with Crippen molar-refractivity contribution in [3.8, 4) is 0 Å². The van der Waals surface area contributed by atoms with Crippen molar-refractivity contribution in [2.75, 3.05) is 41.3 Å². The van der Waals surface area contributed by atoms with Gasteiger partial charge in [0.2, 0.25) is 41.4 Å². The molecule has 0 radical (unpaired) electrons. The fraction of sp³-hybridized carbons (Fsp3) is 0.680. The van der Waals surface area contributed by atoms with Gasteiger partial charge in [-0.2, -0.15) is 0 Å². The number of rotatable bonds is 8. The summed E-state index contributed by atoms with van der Waals surface area (Å²) in [6.45, 7) is 18.5. The fourth-order valence-corrected chi connectivity index (χ4v) is 8.25. The second kappa shape index (κ2) is 26.2. The van der Waals surface area contributed by atoms with Crippen molar-refractivity contribution in [3.05, 3.63) is 35.9 Å². The molecule has 19 heteroatoms. The Hall–Kier alpha value is -5.88. The van der Waals surface area contributed by atoms with E-state index in [9.17, 15) is 47.9 Å². The number of ether oxygens (including phenoxy) is 1. The minimum atomic E-state index is -1.77. The van der Waals surface area contributed by atoms with Crippen LogP contribution < -0.4 is 21.3 Å². The number of carbonyl (C=O) groups is 10. The number of nitrogens with zero attached hydrogens (tertiary/aromatic N) is 4. The molecule has 0 spiro atoms. The number of likely N-dealkylation sites (N-methyl/N-ethyl adjacent to an activating group) is 4. The van der Waals surface area contributed by atoms with Crippen LogP contribution in [0.25, 0.3) is 0 Å². The Bertz CT molecular complexity index is 2010. The van der Waals surface area contributed by atoms with Crippen LogP contribution in [0.2, 0.25) is 0 Å². The van der Waals surface area contributed by atoms with Crippen molar-refractivity contribution in [1.82, 2.24) is 40.9 Å². The van der Waals surface area contributed by atoms with Crippen LogP contribution in [0.15, 0.2) is 30.3 Å². The molecule has 1 aromatic carbocycles. The van der Waals surface area contributed by atoms with Crippen LogP contribution >= 0.6 is 0 Å². The average Bonchev–Trinajstić information content (AvgIpc) is 3.31. The maximum absolute atomic E-state index is 14.5. The zero-order chi connectivity index (χ0) is 52.8. The van der Waals surface area contributed by atoms with E-state index in [-0.39, 0.29) is 25.2 Å². The van der Waals surface area contributed by atoms with Gasteiger partial charge in [-0.1, -0.05) is 78.8 Å². The van der Waals surface area contributed by atoms with E-state index in [1.807, 2.05) is 13.8 Å². The third-order valence-electron chi connectivity index (χ3n) is 13.4. The van der Waals surface area contributed by atoms with Crippen molar-refractivity contribution < 1.29 is 52.7 Å². The zero-order valence-corrected chi connectivity index (χ0v) is 43.8. The highest BCUT2D eigenvalue weighted by molar-refractivity contribution is 6.09. The van der Waals surface area contributed by atoms with Gasteiger partial charge in [-0.05, 0) is 71.3 Å². The summed E-state index contributed by atoms with van der Waals surface area (Å²) in [6, 6.07) is 2.32. The Labute approximate surface area is 408 Å². The molecule has 1 aliphatic heterocycles.